The maximum Gasteiger partial charge on any atom is 0.326 e. The number of amides is 1. The van der Waals surface area contributed by atoms with Crippen LogP contribution < -0.4 is 5.73 Å². The van der Waals surface area contributed by atoms with Gasteiger partial charge in [0.15, 0.2) is 0 Å². The fraction of sp³-hybridized carbons (Fsp3) is 0.429. The summed E-state index contributed by atoms with van der Waals surface area (Å²) in [7, 11) is 0. The van der Waals surface area contributed by atoms with Crippen LogP contribution in [0.3, 0.4) is 0 Å². The Balaban J connectivity index is 2.22. The van der Waals surface area contributed by atoms with Crippen molar-refractivity contribution in [1.82, 2.24) is 4.90 Å². The van der Waals surface area contributed by atoms with E-state index in [-0.39, 0.29) is 25.4 Å². The molecule has 2 rings (SSSR count). The third-order valence-corrected chi connectivity index (χ3v) is 3.58. The smallest absolute Gasteiger partial charge is 0.326 e. The zero-order valence-corrected chi connectivity index (χ0v) is 11.0. The van der Waals surface area contributed by atoms with Gasteiger partial charge in [0, 0.05) is 19.5 Å². The molecule has 6 nitrogen and oxygen atoms in total. The Morgan fingerprint density at radius 2 is 2.00 bits per heavy atom. The highest BCUT2D eigenvalue weighted by Crippen LogP contribution is 2.24. The molecule has 1 aromatic rings. The number of carbonyl (C=O) groups excluding carboxylic acids is 1. The van der Waals surface area contributed by atoms with E-state index in [0.717, 1.165) is 5.56 Å². The molecule has 1 fully saturated rings. The topological polar surface area (TPSA) is 104 Å². The molecule has 0 aromatic heterocycles. The number of likely N-dealkylation sites (tertiary alicyclic amines) is 1. The molecule has 6 heteroatoms. The number of nitrogens with two attached hydrogens (primary N) is 1. The van der Waals surface area contributed by atoms with Crippen LogP contribution in [0.4, 0.5) is 0 Å². The Kier molecular flexibility index (Phi) is 4.36. The summed E-state index contributed by atoms with van der Waals surface area (Å²) in [5.74, 6) is -2.02. The van der Waals surface area contributed by atoms with Gasteiger partial charge in [0.25, 0.3) is 0 Å². The lowest BCUT2D eigenvalue weighted by atomic mass is 9.97. The normalized spacial score (nSPS) is 23.6. The summed E-state index contributed by atoms with van der Waals surface area (Å²) in [5, 5.41) is 18.7. The fourth-order valence-corrected chi connectivity index (χ4v) is 2.56. The van der Waals surface area contributed by atoms with E-state index in [0.29, 0.717) is 0 Å². The van der Waals surface area contributed by atoms with Crippen molar-refractivity contribution >= 4 is 11.9 Å². The molecule has 0 spiro atoms. The quantitative estimate of drug-likeness (QED) is 0.706. The van der Waals surface area contributed by atoms with Gasteiger partial charge >= 0.3 is 5.97 Å². The highest BCUT2D eigenvalue weighted by molar-refractivity contribution is 5.89. The fourth-order valence-electron chi connectivity index (χ4n) is 2.56. The van der Waals surface area contributed by atoms with Crippen LogP contribution >= 0.6 is 0 Å². The van der Waals surface area contributed by atoms with Crippen LogP contribution in [0.2, 0.25) is 0 Å². The Bertz CT molecular complexity index is 491. The van der Waals surface area contributed by atoms with Crippen molar-refractivity contribution in [3.8, 4) is 0 Å². The number of aliphatic hydroxyl groups excluding tert-OH is 1. The van der Waals surface area contributed by atoms with Gasteiger partial charge in [0.2, 0.25) is 5.91 Å². The van der Waals surface area contributed by atoms with Gasteiger partial charge in [-0.2, -0.15) is 0 Å². The molecule has 20 heavy (non-hydrogen) atoms. The summed E-state index contributed by atoms with van der Waals surface area (Å²) >= 11 is 0. The Morgan fingerprint density at radius 1 is 1.35 bits per heavy atom. The second-order valence-electron chi connectivity index (χ2n) is 4.93. The van der Waals surface area contributed by atoms with E-state index in [9.17, 15) is 14.7 Å². The van der Waals surface area contributed by atoms with Crippen LogP contribution in [0.1, 0.15) is 17.9 Å². The number of aliphatic carboxylic acids is 1. The number of carboxylic acids is 1. The minimum Gasteiger partial charge on any atom is -0.480 e. The number of rotatable bonds is 4. The summed E-state index contributed by atoms with van der Waals surface area (Å²) in [4.78, 5) is 24.9. The average Bonchev–Trinajstić information content (AvgIpc) is 2.83. The number of hydrogen-bond acceptors (Lipinski definition) is 4. The van der Waals surface area contributed by atoms with Gasteiger partial charge in [-0.1, -0.05) is 30.3 Å². The second kappa shape index (κ2) is 6.02. The third kappa shape index (κ3) is 2.81. The molecule has 1 aliphatic heterocycles. The van der Waals surface area contributed by atoms with Crippen molar-refractivity contribution in [2.75, 3.05) is 13.1 Å². The largest absolute Gasteiger partial charge is 0.480 e. The van der Waals surface area contributed by atoms with Crippen molar-refractivity contribution in [3.05, 3.63) is 35.9 Å². The van der Waals surface area contributed by atoms with Gasteiger partial charge in [-0.15, -0.1) is 0 Å². The second-order valence-corrected chi connectivity index (χ2v) is 4.93. The van der Waals surface area contributed by atoms with Crippen LogP contribution in [0.25, 0.3) is 0 Å². The third-order valence-electron chi connectivity index (χ3n) is 3.58. The summed E-state index contributed by atoms with van der Waals surface area (Å²) in [6.45, 7) is 0.140. The number of carboxylic acid groups (broad SMARTS) is 1. The molecule has 1 unspecified atom stereocenters. The van der Waals surface area contributed by atoms with Gasteiger partial charge in [0.1, 0.15) is 6.04 Å². The van der Waals surface area contributed by atoms with E-state index in [2.05, 4.69) is 0 Å². The van der Waals surface area contributed by atoms with Gasteiger partial charge in [-0.05, 0) is 5.56 Å². The standard InChI is InChI=1S/C14H18N2O4/c15-7-11(9-4-2-1-3-5-9)13(18)16-8-10(17)6-12(16)14(19)20/h1-5,10-12,17H,6-8,15H2,(H,19,20)/t10-,11?,12+/m1/s1. The summed E-state index contributed by atoms with van der Waals surface area (Å²) in [6, 6.07) is 8.05. The average molecular weight is 278 g/mol. The van der Waals surface area contributed by atoms with Crippen LogP contribution in [0.15, 0.2) is 30.3 Å². The molecule has 0 radical (unpaired) electrons. The van der Waals surface area contributed by atoms with Crippen LogP contribution in [-0.2, 0) is 9.59 Å². The van der Waals surface area contributed by atoms with Crippen LogP contribution in [-0.4, -0.2) is 52.2 Å². The number of aliphatic hydroxyl groups is 1. The van der Waals surface area contributed by atoms with Gasteiger partial charge in [-0.25, -0.2) is 4.79 Å². The predicted octanol–water partition coefficient (Wildman–Crippen LogP) is -0.225. The number of carbonyl (C=O) groups is 2. The molecular formula is C14H18N2O4. The highest BCUT2D eigenvalue weighted by atomic mass is 16.4. The van der Waals surface area contributed by atoms with Crippen molar-refractivity contribution in [1.29, 1.82) is 0 Å². The van der Waals surface area contributed by atoms with E-state index >= 15 is 0 Å². The van der Waals surface area contributed by atoms with Crippen molar-refractivity contribution < 1.29 is 19.8 Å². The number of hydrogen-bond donors (Lipinski definition) is 3. The monoisotopic (exact) mass is 278 g/mol. The van der Waals surface area contributed by atoms with Crippen LogP contribution in [0.5, 0.6) is 0 Å². The number of β-amino-alcohol motifs (C(OH)–C–C–N with tert-alkyl or cyclic N) is 1. The first-order valence-corrected chi connectivity index (χ1v) is 6.51. The lowest BCUT2D eigenvalue weighted by Crippen LogP contribution is -2.44. The first-order valence-electron chi connectivity index (χ1n) is 6.51. The molecule has 4 N–H and O–H groups in total. The van der Waals surface area contributed by atoms with E-state index in [1.165, 1.54) is 4.90 Å². The Labute approximate surface area is 116 Å². The molecule has 3 atom stereocenters. The maximum atomic E-state index is 12.5. The molecular weight excluding hydrogens is 260 g/mol. The first kappa shape index (κ1) is 14.5. The lowest BCUT2D eigenvalue weighted by Gasteiger charge is -2.26. The molecule has 1 amide bonds. The predicted molar refractivity (Wildman–Crippen MR) is 72.0 cm³/mol. The zero-order chi connectivity index (χ0) is 14.7. The van der Waals surface area contributed by atoms with Gasteiger partial charge in [-0.3, -0.25) is 4.79 Å². The zero-order valence-electron chi connectivity index (χ0n) is 11.0. The molecule has 0 saturated carbocycles. The summed E-state index contributed by atoms with van der Waals surface area (Å²) < 4.78 is 0. The number of benzene rings is 1. The number of nitrogens with zero attached hydrogens (tertiary/aromatic N) is 1. The van der Waals surface area contributed by atoms with E-state index in [1.807, 2.05) is 6.07 Å². The summed E-state index contributed by atoms with van der Waals surface area (Å²) in [5.41, 5.74) is 6.43. The van der Waals surface area contributed by atoms with E-state index in [4.69, 9.17) is 10.8 Å². The van der Waals surface area contributed by atoms with Gasteiger partial charge < -0.3 is 20.8 Å². The molecule has 108 valence electrons. The molecule has 1 saturated heterocycles. The lowest BCUT2D eigenvalue weighted by molar-refractivity contribution is -0.148. The Morgan fingerprint density at radius 3 is 2.55 bits per heavy atom. The van der Waals surface area contributed by atoms with Crippen molar-refractivity contribution in [2.24, 2.45) is 5.73 Å². The molecule has 1 aromatic carbocycles. The van der Waals surface area contributed by atoms with Crippen molar-refractivity contribution in [2.45, 2.75) is 24.5 Å². The maximum absolute atomic E-state index is 12.5. The molecule has 0 bridgehead atoms. The highest BCUT2D eigenvalue weighted by Gasteiger charge is 2.41. The minimum atomic E-state index is -1.10. The van der Waals surface area contributed by atoms with Gasteiger partial charge in [0.05, 0.1) is 12.0 Å². The SMILES string of the molecule is NCC(C(=O)N1C[C@H](O)C[C@H]1C(=O)O)c1ccccc1. The first-order chi connectivity index (χ1) is 9.54. The molecule has 1 aliphatic rings. The Hall–Kier alpha value is -1.92. The van der Waals surface area contributed by atoms with E-state index in [1.54, 1.807) is 24.3 Å². The molecule has 1 heterocycles. The summed E-state index contributed by atoms with van der Waals surface area (Å²) in [6.07, 6.45) is -0.734. The van der Waals surface area contributed by atoms with Crippen molar-refractivity contribution in [3.63, 3.8) is 0 Å². The molecule has 0 aliphatic carbocycles. The minimum absolute atomic E-state index is 0.0408. The van der Waals surface area contributed by atoms with Crippen LogP contribution in [0, 0.1) is 0 Å². The van der Waals surface area contributed by atoms with E-state index < -0.39 is 24.0 Å².